The molecule has 3 aromatic heterocycles. The molecule has 0 unspecified atom stereocenters. The number of aromatic carboxylic acids is 1. The highest BCUT2D eigenvalue weighted by atomic mass is 32.1. The zero-order valence-corrected chi connectivity index (χ0v) is 13.8. The monoisotopic (exact) mass is 337 g/mol. The van der Waals surface area contributed by atoms with E-state index in [1.54, 1.807) is 22.0 Å². The molecule has 3 heterocycles. The van der Waals surface area contributed by atoms with E-state index < -0.39 is 5.97 Å². The van der Waals surface area contributed by atoms with Gasteiger partial charge >= 0.3 is 5.97 Å². The third-order valence-electron chi connectivity index (χ3n) is 4.01. The van der Waals surface area contributed by atoms with Gasteiger partial charge < -0.3 is 9.67 Å². The van der Waals surface area contributed by atoms with Crippen LogP contribution in [-0.2, 0) is 6.54 Å². The SMILES string of the molecule is CCn1c(C(=O)O)cc2c(-c3cccs3)nn(-c3ccccc3)c21. The van der Waals surface area contributed by atoms with Gasteiger partial charge in [0.1, 0.15) is 17.0 Å². The lowest BCUT2D eigenvalue weighted by atomic mass is 10.2. The predicted molar refractivity (Wildman–Crippen MR) is 95.0 cm³/mol. The Balaban J connectivity index is 2.10. The quantitative estimate of drug-likeness (QED) is 0.605. The molecule has 0 atom stereocenters. The summed E-state index contributed by atoms with van der Waals surface area (Å²) in [5, 5.41) is 17.2. The van der Waals surface area contributed by atoms with Crippen molar-refractivity contribution in [3.05, 3.63) is 59.6 Å². The van der Waals surface area contributed by atoms with E-state index in [4.69, 9.17) is 5.10 Å². The van der Waals surface area contributed by atoms with E-state index in [2.05, 4.69) is 0 Å². The lowest BCUT2D eigenvalue weighted by Crippen LogP contribution is -2.10. The van der Waals surface area contributed by atoms with Gasteiger partial charge in [-0.05, 0) is 36.6 Å². The third-order valence-corrected chi connectivity index (χ3v) is 4.89. The maximum atomic E-state index is 11.6. The molecule has 0 radical (unpaired) electrons. The summed E-state index contributed by atoms with van der Waals surface area (Å²) in [4.78, 5) is 12.7. The first-order chi connectivity index (χ1) is 11.7. The van der Waals surface area contributed by atoms with Gasteiger partial charge in [0, 0.05) is 11.9 Å². The number of para-hydroxylation sites is 1. The molecule has 0 aliphatic carbocycles. The number of nitrogens with zero attached hydrogens (tertiary/aromatic N) is 3. The summed E-state index contributed by atoms with van der Waals surface area (Å²) < 4.78 is 3.63. The number of benzene rings is 1. The largest absolute Gasteiger partial charge is 0.477 e. The molecule has 0 fully saturated rings. The van der Waals surface area contributed by atoms with E-state index in [-0.39, 0.29) is 5.69 Å². The van der Waals surface area contributed by atoms with Gasteiger partial charge in [-0.3, -0.25) is 0 Å². The van der Waals surface area contributed by atoms with E-state index in [1.165, 1.54) is 0 Å². The van der Waals surface area contributed by atoms with E-state index in [0.717, 1.165) is 27.3 Å². The topological polar surface area (TPSA) is 60.1 Å². The molecule has 4 aromatic rings. The van der Waals surface area contributed by atoms with Crippen molar-refractivity contribution in [2.24, 2.45) is 0 Å². The van der Waals surface area contributed by atoms with Crippen LogP contribution in [0.2, 0.25) is 0 Å². The number of hydrogen-bond acceptors (Lipinski definition) is 3. The zero-order chi connectivity index (χ0) is 16.7. The summed E-state index contributed by atoms with van der Waals surface area (Å²) in [6.45, 7) is 2.51. The van der Waals surface area contributed by atoms with Gasteiger partial charge in [0.05, 0.1) is 10.6 Å². The summed E-state index contributed by atoms with van der Waals surface area (Å²) in [5.74, 6) is -0.926. The molecule has 24 heavy (non-hydrogen) atoms. The molecular formula is C18H15N3O2S. The highest BCUT2D eigenvalue weighted by Gasteiger charge is 2.23. The van der Waals surface area contributed by atoms with Gasteiger partial charge in [-0.25, -0.2) is 9.48 Å². The smallest absolute Gasteiger partial charge is 0.352 e. The molecule has 1 N–H and O–H groups in total. The molecule has 120 valence electrons. The second kappa shape index (κ2) is 5.65. The zero-order valence-electron chi connectivity index (χ0n) is 13.0. The van der Waals surface area contributed by atoms with E-state index in [9.17, 15) is 9.90 Å². The van der Waals surface area contributed by atoms with E-state index in [0.29, 0.717) is 6.54 Å². The number of aryl methyl sites for hydroxylation is 1. The van der Waals surface area contributed by atoms with Crippen molar-refractivity contribution in [1.82, 2.24) is 14.3 Å². The Morgan fingerprint density at radius 1 is 1.21 bits per heavy atom. The van der Waals surface area contributed by atoms with Gasteiger partial charge in [0.2, 0.25) is 0 Å². The van der Waals surface area contributed by atoms with Crippen LogP contribution in [0.3, 0.4) is 0 Å². The molecule has 4 rings (SSSR count). The highest BCUT2D eigenvalue weighted by molar-refractivity contribution is 7.13. The van der Waals surface area contributed by atoms with Gasteiger partial charge in [-0.1, -0.05) is 24.3 Å². The van der Waals surface area contributed by atoms with Crippen molar-refractivity contribution in [3.8, 4) is 16.3 Å². The molecule has 5 nitrogen and oxygen atoms in total. The Hall–Kier alpha value is -2.86. The Bertz CT molecular complexity index is 1010. The Morgan fingerprint density at radius 3 is 2.62 bits per heavy atom. The Kier molecular flexibility index (Phi) is 3.46. The molecule has 0 bridgehead atoms. The minimum absolute atomic E-state index is 0.285. The van der Waals surface area contributed by atoms with Crippen LogP contribution < -0.4 is 0 Å². The molecule has 1 aromatic carbocycles. The predicted octanol–water partition coefficient (Wildman–Crippen LogP) is 4.27. The molecule has 0 aliphatic rings. The summed E-state index contributed by atoms with van der Waals surface area (Å²) in [5.41, 5.74) is 2.82. The molecule has 0 saturated heterocycles. The summed E-state index contributed by atoms with van der Waals surface area (Å²) in [6, 6.07) is 15.5. The average Bonchev–Trinajstić information content (AvgIpc) is 3.30. The standard InChI is InChI=1S/C18H15N3O2S/c1-2-20-14(18(22)23)11-13-16(15-9-6-10-24-15)19-21(17(13)20)12-7-4-3-5-8-12/h3-11H,2H2,1H3,(H,22,23). The number of carboxylic acids is 1. The van der Waals surface area contributed by atoms with Gasteiger partial charge in [0.25, 0.3) is 0 Å². The van der Waals surface area contributed by atoms with Crippen molar-refractivity contribution in [2.75, 3.05) is 0 Å². The minimum Gasteiger partial charge on any atom is -0.477 e. The first-order valence-electron chi connectivity index (χ1n) is 7.65. The second-order valence-corrected chi connectivity index (χ2v) is 6.34. The molecule has 0 amide bonds. The summed E-state index contributed by atoms with van der Waals surface area (Å²) in [6.07, 6.45) is 0. The number of thiophene rings is 1. The number of rotatable bonds is 4. The van der Waals surface area contributed by atoms with Crippen LogP contribution in [0.15, 0.2) is 53.9 Å². The number of aromatic nitrogens is 3. The minimum atomic E-state index is -0.926. The van der Waals surface area contributed by atoms with Gasteiger partial charge in [0.15, 0.2) is 0 Å². The Labute approximate surface area is 142 Å². The van der Waals surface area contributed by atoms with Crippen molar-refractivity contribution in [3.63, 3.8) is 0 Å². The lowest BCUT2D eigenvalue weighted by molar-refractivity contribution is 0.0685. The van der Waals surface area contributed by atoms with Crippen molar-refractivity contribution >= 4 is 28.3 Å². The maximum absolute atomic E-state index is 11.6. The molecule has 0 aliphatic heterocycles. The van der Waals surface area contributed by atoms with Crippen molar-refractivity contribution in [2.45, 2.75) is 13.5 Å². The molecule has 0 saturated carbocycles. The number of carboxylic acid groups (broad SMARTS) is 1. The van der Waals surface area contributed by atoms with Crippen LogP contribution in [0, 0.1) is 0 Å². The molecular weight excluding hydrogens is 322 g/mol. The van der Waals surface area contributed by atoms with Crippen molar-refractivity contribution in [1.29, 1.82) is 0 Å². The Morgan fingerprint density at radius 2 is 2.00 bits per heavy atom. The summed E-state index contributed by atoms with van der Waals surface area (Å²) >= 11 is 1.60. The summed E-state index contributed by atoms with van der Waals surface area (Å²) in [7, 11) is 0. The second-order valence-electron chi connectivity index (χ2n) is 5.39. The van der Waals surface area contributed by atoms with Crippen LogP contribution in [0.1, 0.15) is 17.4 Å². The molecule has 0 spiro atoms. The molecule has 6 heteroatoms. The van der Waals surface area contributed by atoms with Crippen LogP contribution in [0.5, 0.6) is 0 Å². The average molecular weight is 337 g/mol. The first kappa shape index (κ1) is 14.7. The number of fused-ring (bicyclic) bond motifs is 1. The fourth-order valence-corrected chi connectivity index (χ4v) is 3.71. The van der Waals surface area contributed by atoms with Crippen LogP contribution in [0.25, 0.3) is 27.3 Å². The first-order valence-corrected chi connectivity index (χ1v) is 8.53. The maximum Gasteiger partial charge on any atom is 0.352 e. The van der Waals surface area contributed by atoms with Gasteiger partial charge in [-0.15, -0.1) is 11.3 Å². The normalized spacial score (nSPS) is 11.2. The van der Waals surface area contributed by atoms with E-state index in [1.807, 2.05) is 59.5 Å². The third kappa shape index (κ3) is 2.15. The fourth-order valence-electron chi connectivity index (χ4n) is 2.98. The number of carbonyl (C=O) groups is 1. The van der Waals surface area contributed by atoms with Crippen LogP contribution in [-0.4, -0.2) is 25.4 Å². The van der Waals surface area contributed by atoms with Gasteiger partial charge in [-0.2, -0.15) is 5.10 Å². The lowest BCUT2D eigenvalue weighted by Gasteiger charge is -2.08. The van der Waals surface area contributed by atoms with Crippen LogP contribution in [0.4, 0.5) is 0 Å². The van der Waals surface area contributed by atoms with Crippen LogP contribution >= 0.6 is 11.3 Å². The fraction of sp³-hybridized carbons (Fsp3) is 0.111. The van der Waals surface area contributed by atoms with E-state index >= 15 is 0 Å². The number of hydrogen-bond donors (Lipinski definition) is 1. The highest BCUT2D eigenvalue weighted by Crippen LogP contribution is 2.34. The van der Waals surface area contributed by atoms with Crippen molar-refractivity contribution < 1.29 is 9.90 Å².